The summed E-state index contributed by atoms with van der Waals surface area (Å²) in [6.07, 6.45) is 2.68. The third kappa shape index (κ3) is 1.43. The van der Waals surface area contributed by atoms with Crippen LogP contribution < -0.4 is 0 Å². The fourth-order valence-corrected chi connectivity index (χ4v) is 3.87. The summed E-state index contributed by atoms with van der Waals surface area (Å²) in [5.74, 6) is 0.415. The second-order valence-corrected chi connectivity index (χ2v) is 6.53. The third-order valence-corrected chi connectivity index (χ3v) is 5.52. The van der Waals surface area contributed by atoms with Gasteiger partial charge in [0, 0.05) is 16.3 Å². The third-order valence-electron chi connectivity index (χ3n) is 4.38. The van der Waals surface area contributed by atoms with Crippen LogP contribution in [0, 0.1) is 16.7 Å². The average Bonchev–Trinajstić information content (AvgIpc) is 2.26. The molecule has 0 aromatic carbocycles. The highest BCUT2D eigenvalue weighted by atomic mass is 79.9. The van der Waals surface area contributed by atoms with Crippen LogP contribution in [0.25, 0.3) is 0 Å². The van der Waals surface area contributed by atoms with Crippen molar-refractivity contribution in [3.05, 3.63) is 10.6 Å². The summed E-state index contributed by atoms with van der Waals surface area (Å²) in [5, 5.41) is 10.1. The zero-order chi connectivity index (χ0) is 11.4. The molecule has 0 bridgehead atoms. The smallest absolute Gasteiger partial charge is 0.156 e. The maximum absolute atomic E-state index is 11.6. The molecular weight excluding hydrogens is 256 g/mol. The molecule has 1 fully saturated rings. The molecule has 2 rings (SSSR count). The molecule has 15 heavy (non-hydrogen) atoms. The first-order chi connectivity index (χ1) is 6.78. The van der Waals surface area contributed by atoms with Crippen molar-refractivity contribution in [1.29, 1.82) is 0 Å². The number of allylic oxidation sites excluding steroid dienone is 2. The first-order valence-corrected chi connectivity index (χ1v) is 6.16. The molecule has 1 saturated carbocycles. The largest absolute Gasteiger partial charge is 0.393 e. The summed E-state index contributed by atoms with van der Waals surface area (Å²) in [5.41, 5.74) is -0.228. The van der Waals surface area contributed by atoms with Gasteiger partial charge in [0.05, 0.1) is 6.10 Å². The molecule has 2 nitrogen and oxygen atoms in total. The molecule has 0 aromatic heterocycles. The number of fused-ring (bicyclic) bond motifs is 1. The molecule has 2 aliphatic carbocycles. The van der Waals surface area contributed by atoms with E-state index in [1.165, 1.54) is 0 Å². The molecule has 3 heteroatoms. The number of hydrogen-bond acceptors (Lipinski definition) is 2. The Kier molecular flexibility index (Phi) is 2.40. The lowest BCUT2D eigenvalue weighted by molar-refractivity contribution is -0.118. The van der Waals surface area contributed by atoms with Gasteiger partial charge in [0.2, 0.25) is 0 Å². The van der Waals surface area contributed by atoms with Gasteiger partial charge in [-0.2, -0.15) is 0 Å². The molecule has 0 aliphatic heterocycles. The number of ketones is 1. The molecule has 0 amide bonds. The Hall–Kier alpha value is -0.150. The summed E-state index contributed by atoms with van der Waals surface area (Å²) in [4.78, 5) is 11.6. The summed E-state index contributed by atoms with van der Waals surface area (Å²) in [6.45, 7) is 6.27. The van der Waals surface area contributed by atoms with Gasteiger partial charge in [0.15, 0.2) is 5.78 Å². The van der Waals surface area contributed by atoms with Gasteiger partial charge < -0.3 is 5.11 Å². The van der Waals surface area contributed by atoms with Gasteiger partial charge in [-0.15, -0.1) is 0 Å². The van der Waals surface area contributed by atoms with E-state index in [1.54, 1.807) is 6.08 Å². The Labute approximate surface area is 98.9 Å². The lowest BCUT2D eigenvalue weighted by Gasteiger charge is -2.39. The van der Waals surface area contributed by atoms with Crippen LogP contribution in [0.3, 0.4) is 0 Å². The van der Waals surface area contributed by atoms with E-state index in [0.717, 1.165) is 10.9 Å². The zero-order valence-corrected chi connectivity index (χ0v) is 11.0. The van der Waals surface area contributed by atoms with Crippen LogP contribution in [0.1, 0.15) is 33.6 Å². The molecule has 2 aliphatic rings. The van der Waals surface area contributed by atoms with E-state index >= 15 is 0 Å². The maximum Gasteiger partial charge on any atom is 0.156 e. The summed E-state index contributed by atoms with van der Waals surface area (Å²) in [7, 11) is 0. The number of rotatable bonds is 0. The SMILES string of the molecule is CC1(C)[C@H]2CC(=O)C=C(Br)[C@@]2(C)C[C@@H]1O. The van der Waals surface area contributed by atoms with E-state index in [9.17, 15) is 9.90 Å². The summed E-state index contributed by atoms with van der Waals surface area (Å²) < 4.78 is 0.959. The van der Waals surface area contributed by atoms with Crippen molar-refractivity contribution in [2.24, 2.45) is 16.7 Å². The predicted molar refractivity (Wildman–Crippen MR) is 62.6 cm³/mol. The van der Waals surface area contributed by atoms with Gasteiger partial charge in [0.25, 0.3) is 0 Å². The molecule has 0 radical (unpaired) electrons. The van der Waals surface area contributed by atoms with Crippen LogP contribution in [-0.2, 0) is 4.79 Å². The Morgan fingerprint density at radius 2 is 2.07 bits per heavy atom. The highest BCUT2D eigenvalue weighted by Gasteiger charge is 2.57. The van der Waals surface area contributed by atoms with Gasteiger partial charge in [-0.1, -0.05) is 36.7 Å². The van der Waals surface area contributed by atoms with Gasteiger partial charge in [-0.3, -0.25) is 4.79 Å². The van der Waals surface area contributed by atoms with E-state index in [4.69, 9.17) is 0 Å². The second kappa shape index (κ2) is 3.17. The molecule has 0 spiro atoms. The minimum absolute atomic E-state index is 0.0587. The standard InChI is InChI=1S/C12H17BrO2/c1-11(2)8-4-7(14)5-9(13)12(8,3)6-10(11)15/h5,8,10,15H,4,6H2,1-3H3/t8-,10+,12+/m1/s1. The second-order valence-electron chi connectivity index (χ2n) is 5.67. The highest BCUT2D eigenvalue weighted by Crippen LogP contribution is 2.61. The number of carbonyl (C=O) groups excluding carboxylic acids is 1. The van der Waals surface area contributed by atoms with Crippen LogP contribution in [0.5, 0.6) is 0 Å². The number of carbonyl (C=O) groups is 1. The predicted octanol–water partition coefficient (Wildman–Crippen LogP) is 2.65. The first-order valence-electron chi connectivity index (χ1n) is 5.37. The van der Waals surface area contributed by atoms with Crippen molar-refractivity contribution >= 4 is 21.7 Å². The molecule has 0 heterocycles. The van der Waals surface area contributed by atoms with E-state index in [1.807, 2.05) is 0 Å². The van der Waals surface area contributed by atoms with Crippen molar-refractivity contribution in [3.8, 4) is 0 Å². The molecule has 1 N–H and O–H groups in total. The molecule has 0 aromatic rings. The maximum atomic E-state index is 11.6. The van der Waals surface area contributed by atoms with Crippen LogP contribution in [0.15, 0.2) is 10.6 Å². The number of hydrogen-bond donors (Lipinski definition) is 1. The molecule has 0 saturated heterocycles. The fourth-order valence-electron chi connectivity index (χ4n) is 3.18. The topological polar surface area (TPSA) is 37.3 Å². The van der Waals surface area contributed by atoms with Crippen LogP contribution in [0.2, 0.25) is 0 Å². The van der Waals surface area contributed by atoms with Crippen molar-refractivity contribution in [2.75, 3.05) is 0 Å². The van der Waals surface area contributed by atoms with Crippen molar-refractivity contribution < 1.29 is 9.90 Å². The van der Waals surface area contributed by atoms with Crippen molar-refractivity contribution in [3.63, 3.8) is 0 Å². The highest BCUT2D eigenvalue weighted by molar-refractivity contribution is 9.11. The van der Waals surface area contributed by atoms with Gasteiger partial charge in [0.1, 0.15) is 0 Å². The van der Waals surface area contributed by atoms with Gasteiger partial charge in [-0.25, -0.2) is 0 Å². The van der Waals surface area contributed by atoms with Crippen molar-refractivity contribution in [2.45, 2.75) is 39.7 Å². The lowest BCUT2D eigenvalue weighted by atomic mass is 9.66. The Bertz CT molecular complexity index is 346. The zero-order valence-electron chi connectivity index (χ0n) is 9.38. The van der Waals surface area contributed by atoms with E-state index in [0.29, 0.717) is 6.42 Å². The normalized spacial score (nSPS) is 43.8. The van der Waals surface area contributed by atoms with Gasteiger partial charge in [-0.05, 0) is 23.8 Å². The first kappa shape index (κ1) is 11.3. The monoisotopic (exact) mass is 272 g/mol. The van der Waals surface area contributed by atoms with E-state index < -0.39 is 0 Å². The van der Waals surface area contributed by atoms with Crippen LogP contribution in [-0.4, -0.2) is 17.0 Å². The van der Waals surface area contributed by atoms with E-state index in [2.05, 4.69) is 36.7 Å². The van der Waals surface area contributed by atoms with Crippen molar-refractivity contribution in [1.82, 2.24) is 0 Å². The van der Waals surface area contributed by atoms with Crippen LogP contribution in [0.4, 0.5) is 0 Å². The Balaban J connectivity index is 2.48. The Morgan fingerprint density at radius 1 is 1.47 bits per heavy atom. The summed E-state index contributed by atoms with van der Waals surface area (Å²) >= 11 is 3.50. The Morgan fingerprint density at radius 3 is 2.67 bits per heavy atom. The van der Waals surface area contributed by atoms with E-state index in [-0.39, 0.29) is 28.6 Å². The number of aliphatic hydroxyl groups is 1. The van der Waals surface area contributed by atoms with Gasteiger partial charge >= 0.3 is 0 Å². The quantitative estimate of drug-likeness (QED) is 0.736. The average molecular weight is 273 g/mol. The minimum Gasteiger partial charge on any atom is -0.393 e. The molecule has 3 atom stereocenters. The molecular formula is C12H17BrO2. The van der Waals surface area contributed by atoms with Crippen LogP contribution >= 0.6 is 15.9 Å². The lowest BCUT2D eigenvalue weighted by Crippen LogP contribution is -2.36. The summed E-state index contributed by atoms with van der Waals surface area (Å²) in [6, 6.07) is 0. The number of halogens is 1. The molecule has 84 valence electrons. The minimum atomic E-state index is -0.320. The molecule has 0 unspecified atom stereocenters. The number of aliphatic hydroxyl groups excluding tert-OH is 1. The fraction of sp³-hybridized carbons (Fsp3) is 0.750.